The molecule has 0 unspecified atom stereocenters. The Kier molecular flexibility index (Phi) is 7.75. The minimum Gasteiger partial charge on any atom is -0.511 e. The van der Waals surface area contributed by atoms with Crippen LogP contribution in [0.15, 0.2) is 0 Å². The van der Waals surface area contributed by atoms with E-state index in [1.807, 2.05) is 0 Å². The van der Waals surface area contributed by atoms with E-state index in [1.165, 1.54) is 0 Å². The van der Waals surface area contributed by atoms with E-state index in [-0.39, 0.29) is 21.1 Å². The Morgan fingerprint density at radius 2 is 1.40 bits per heavy atom. The van der Waals surface area contributed by atoms with Crippen LogP contribution in [0.4, 0.5) is 0 Å². The third-order valence-electron chi connectivity index (χ3n) is 0. The molecule has 0 aromatic carbocycles. The average molecular weight is 262 g/mol. The second-order valence-corrected chi connectivity index (χ2v) is 0.848. The smallest absolute Gasteiger partial charge is 0.511 e. The van der Waals surface area contributed by atoms with Crippen LogP contribution < -0.4 is 0 Å². The first-order valence-corrected chi connectivity index (χ1v) is 1.95. The molecule has 0 atom stereocenters. The van der Waals surface area contributed by atoms with Gasteiger partial charge in [0.25, 0.3) is 0 Å². The van der Waals surface area contributed by atoms with Crippen LogP contribution in [-0.4, -0.2) is 18.8 Å². The van der Waals surface area contributed by atoms with Crippen LogP contribution in [-0.2, 0) is 25.5 Å². The van der Waals surface area contributed by atoms with Gasteiger partial charge in [-0.25, -0.2) is 0 Å². The monoisotopic (exact) mass is 262 g/mol. The molecule has 0 bridgehead atoms. The van der Waals surface area contributed by atoms with Gasteiger partial charge in [0.15, 0.2) is 0 Å². The molecule has 0 spiro atoms. The summed E-state index contributed by atoms with van der Waals surface area (Å²) in [5.41, 5.74) is 0. The third kappa shape index (κ3) is 246. The minimum absolute atomic E-state index is 0. The summed E-state index contributed by atoms with van der Waals surface area (Å²) < 4.78 is 8.74. The van der Waals surface area contributed by atoms with Crippen molar-refractivity contribution in [2.24, 2.45) is 0 Å². The van der Waals surface area contributed by atoms with Crippen molar-refractivity contribution in [2.75, 3.05) is 0 Å². The zero-order valence-corrected chi connectivity index (χ0v) is 6.14. The van der Waals surface area contributed by atoms with E-state index in [9.17, 15) is 0 Å². The van der Waals surface area contributed by atoms with E-state index in [4.69, 9.17) is 14.1 Å². The van der Waals surface area contributed by atoms with E-state index in [0.717, 1.165) is 0 Å². The zero-order valence-electron chi connectivity index (χ0n) is 2.21. The molecule has 5 heavy (non-hydrogen) atoms. The van der Waals surface area contributed by atoms with Gasteiger partial charge in [0.05, 0.1) is 0 Å². The van der Waals surface area contributed by atoms with Crippen molar-refractivity contribution in [1.29, 1.82) is 0 Å². The molecule has 5 heteroatoms. The van der Waals surface area contributed by atoms with Crippen LogP contribution in [0, 0.1) is 0 Å². The summed E-state index contributed by atoms with van der Waals surface area (Å²) in [4.78, 5) is 14.3. The van der Waals surface area contributed by atoms with Gasteiger partial charge in [-0.2, -0.15) is 0 Å². The van der Waals surface area contributed by atoms with E-state index in [0.29, 0.717) is 0 Å². The maximum absolute atomic E-state index is 8.74. The van der Waals surface area contributed by atoms with Gasteiger partial charge in [0.2, 0.25) is 0 Å². The van der Waals surface area contributed by atoms with Gasteiger partial charge < -0.3 is 9.59 Å². The standard InChI is InChI=1S/H2O3Si.W/c1-4(2)3;/h1-2H;/q;+2. The molecule has 2 N–H and O–H groups in total. The van der Waals surface area contributed by atoms with Gasteiger partial charge >= 0.3 is 30.2 Å². The molecule has 0 fully saturated rings. The van der Waals surface area contributed by atoms with Crippen LogP contribution in [0.2, 0.25) is 0 Å². The molecule has 0 radical (unpaired) electrons. The normalized spacial score (nSPS) is 4.80. The predicted molar refractivity (Wildman–Crippen MR) is 10.9 cm³/mol. The number of rotatable bonds is 0. The molecular weight excluding hydrogens is 260 g/mol. The first-order valence-electron chi connectivity index (χ1n) is 0.651. The van der Waals surface area contributed by atoms with Crippen LogP contribution in [0.25, 0.3) is 0 Å². The number of hydrogen-bond acceptors (Lipinski definition) is 1. The van der Waals surface area contributed by atoms with Crippen LogP contribution in [0.5, 0.6) is 0 Å². The van der Waals surface area contributed by atoms with Gasteiger partial charge in [-0.15, -0.1) is 0 Å². The van der Waals surface area contributed by atoms with Crippen molar-refractivity contribution in [1.82, 2.24) is 0 Å². The maximum atomic E-state index is 8.74. The van der Waals surface area contributed by atoms with Crippen LogP contribution in [0.3, 0.4) is 0 Å². The molecule has 0 amide bonds. The third-order valence-corrected chi connectivity index (χ3v) is 0. The topological polar surface area (TPSA) is 57.5 Å². The van der Waals surface area contributed by atoms with Crippen molar-refractivity contribution < 1.29 is 35.1 Å². The molecule has 0 aromatic heterocycles. The second kappa shape index (κ2) is 4.31. The Labute approximate surface area is 44.8 Å². The SMILES string of the molecule is O=[Si](O)O.[W+2]. The summed E-state index contributed by atoms with van der Waals surface area (Å²) in [6.07, 6.45) is 0. The Bertz CT molecular complexity index is 29.9. The molecule has 0 aliphatic rings. The Balaban J connectivity index is 0. The number of hydrogen-bond donors (Lipinski definition) is 2. The Hall–Kier alpha value is 0.305. The molecule has 0 aliphatic carbocycles. The van der Waals surface area contributed by atoms with E-state index < -0.39 is 9.17 Å². The van der Waals surface area contributed by atoms with Crippen molar-refractivity contribution in [3.8, 4) is 0 Å². The summed E-state index contributed by atoms with van der Waals surface area (Å²) in [5, 5.41) is 0. The first-order chi connectivity index (χ1) is 1.73. The largest absolute Gasteiger partial charge is 2.00 e. The fourth-order valence-electron chi connectivity index (χ4n) is 0. The van der Waals surface area contributed by atoms with Crippen molar-refractivity contribution in [3.05, 3.63) is 0 Å². The molecular formula is H2O3SiW+2. The molecule has 0 rings (SSSR count). The molecule has 0 aromatic rings. The average Bonchev–Trinajstić information content (AvgIpc) is 0.811. The van der Waals surface area contributed by atoms with E-state index in [1.54, 1.807) is 0 Å². The quantitative estimate of drug-likeness (QED) is 0.516. The zero-order chi connectivity index (χ0) is 3.58. The molecule has 0 saturated carbocycles. The fraction of sp³-hybridized carbons (Fsp3) is 0. The summed E-state index contributed by atoms with van der Waals surface area (Å²) in [5.74, 6) is 0. The fourth-order valence-corrected chi connectivity index (χ4v) is 0. The molecule has 28 valence electrons. The van der Waals surface area contributed by atoms with Gasteiger partial charge in [-0.05, 0) is 0 Å². The van der Waals surface area contributed by atoms with Gasteiger partial charge in [-0.1, -0.05) is 0 Å². The summed E-state index contributed by atoms with van der Waals surface area (Å²) >= 11 is 0. The van der Waals surface area contributed by atoms with Crippen molar-refractivity contribution >= 4 is 9.17 Å². The second-order valence-electron chi connectivity index (χ2n) is 0.283. The van der Waals surface area contributed by atoms with Gasteiger partial charge in [0, 0.05) is 0 Å². The predicted octanol–water partition coefficient (Wildman–Crippen LogP) is -1.62. The van der Waals surface area contributed by atoms with Crippen LogP contribution >= 0.6 is 0 Å². The van der Waals surface area contributed by atoms with Crippen LogP contribution in [0.1, 0.15) is 0 Å². The van der Waals surface area contributed by atoms with Gasteiger partial charge in [-0.3, -0.25) is 4.46 Å². The van der Waals surface area contributed by atoms with Crippen molar-refractivity contribution in [2.45, 2.75) is 0 Å². The molecule has 0 aliphatic heterocycles. The van der Waals surface area contributed by atoms with E-state index in [2.05, 4.69) is 0 Å². The summed E-state index contributed by atoms with van der Waals surface area (Å²) in [6, 6.07) is 0. The summed E-state index contributed by atoms with van der Waals surface area (Å²) in [7, 11) is -3.13. The van der Waals surface area contributed by atoms with Crippen molar-refractivity contribution in [3.63, 3.8) is 0 Å². The molecule has 3 nitrogen and oxygen atoms in total. The Morgan fingerprint density at radius 1 is 1.40 bits per heavy atom. The first kappa shape index (κ1) is 9.00. The summed E-state index contributed by atoms with van der Waals surface area (Å²) in [6.45, 7) is 0. The Morgan fingerprint density at radius 3 is 1.40 bits per heavy atom. The van der Waals surface area contributed by atoms with E-state index >= 15 is 0 Å². The molecule has 0 heterocycles. The minimum atomic E-state index is -3.13. The van der Waals surface area contributed by atoms with Gasteiger partial charge in [0.1, 0.15) is 0 Å². The molecule has 0 saturated heterocycles. The maximum Gasteiger partial charge on any atom is 2.00 e.